The summed E-state index contributed by atoms with van der Waals surface area (Å²) in [5.74, 6) is 1.47. The first-order valence-corrected chi connectivity index (χ1v) is 8.14. The van der Waals surface area contributed by atoms with Crippen LogP contribution < -0.4 is 14.2 Å². The summed E-state index contributed by atoms with van der Waals surface area (Å²) in [6.45, 7) is 4.98. The van der Waals surface area contributed by atoms with Crippen LogP contribution in [0.25, 0.3) is 12.2 Å². The van der Waals surface area contributed by atoms with Gasteiger partial charge in [-0.05, 0) is 49.0 Å². The molecule has 4 nitrogen and oxygen atoms in total. The summed E-state index contributed by atoms with van der Waals surface area (Å²) in [7, 11) is -2.72. The van der Waals surface area contributed by atoms with Crippen LogP contribution in [0.2, 0.25) is 0 Å². The predicted molar refractivity (Wildman–Crippen MR) is 91.4 cm³/mol. The van der Waals surface area contributed by atoms with Crippen molar-refractivity contribution in [1.82, 2.24) is 5.10 Å². The van der Waals surface area contributed by atoms with Gasteiger partial charge in [-0.1, -0.05) is 10.7 Å². The van der Waals surface area contributed by atoms with Gasteiger partial charge in [-0.15, -0.1) is 0 Å². The Kier molecular flexibility index (Phi) is 7.88. The highest BCUT2D eigenvalue weighted by molar-refractivity contribution is 7.11. The number of benzene rings is 1. The molecule has 0 bridgehead atoms. The van der Waals surface area contributed by atoms with Crippen LogP contribution in [0.1, 0.15) is 22.5 Å². The van der Waals surface area contributed by atoms with Gasteiger partial charge >= 0.3 is 7.25 Å². The van der Waals surface area contributed by atoms with E-state index in [9.17, 15) is 17.3 Å². The van der Waals surface area contributed by atoms with Crippen LogP contribution >= 0.6 is 11.3 Å². The van der Waals surface area contributed by atoms with Crippen LogP contribution in [0.5, 0.6) is 11.5 Å². The van der Waals surface area contributed by atoms with Crippen LogP contribution in [-0.4, -0.2) is 26.6 Å². The molecule has 1 aromatic heterocycles. The Bertz CT molecular complexity index is 714. The fourth-order valence-electron chi connectivity index (χ4n) is 1.91. The number of aromatic nitrogens is 2. The smallest absolute Gasteiger partial charge is 0.493 e. The van der Waals surface area contributed by atoms with Crippen molar-refractivity contribution in [3.63, 3.8) is 0 Å². The molecule has 0 radical (unpaired) electrons. The van der Waals surface area contributed by atoms with Gasteiger partial charge in [0.1, 0.15) is 0 Å². The molecule has 0 aliphatic heterocycles. The molecule has 0 saturated carbocycles. The van der Waals surface area contributed by atoms with Crippen molar-refractivity contribution in [2.75, 3.05) is 14.2 Å². The fourth-order valence-corrected chi connectivity index (χ4v) is 2.77. The molecule has 25 heavy (non-hydrogen) atoms. The summed E-state index contributed by atoms with van der Waals surface area (Å²) in [5, 5.41) is 6.65. The third-order valence-electron chi connectivity index (χ3n) is 2.89. The zero-order chi connectivity index (χ0) is 19.0. The second kappa shape index (κ2) is 9.40. The molecule has 0 unspecified atom stereocenters. The zero-order valence-electron chi connectivity index (χ0n) is 14.3. The van der Waals surface area contributed by atoms with Gasteiger partial charge < -0.3 is 26.7 Å². The Morgan fingerprint density at radius 1 is 1.12 bits per heavy atom. The lowest BCUT2D eigenvalue weighted by Crippen LogP contribution is -2.36. The first-order valence-electron chi connectivity index (χ1n) is 7.33. The molecular weight excluding hydrogens is 359 g/mol. The maximum atomic E-state index is 9.75. The van der Waals surface area contributed by atoms with Gasteiger partial charge in [0, 0.05) is 11.2 Å². The maximum Gasteiger partial charge on any atom is 0.673 e. The van der Waals surface area contributed by atoms with E-state index in [1.165, 1.54) is 0 Å². The number of aryl methyl sites for hydroxylation is 2. The Hall–Kier alpha value is -2.10. The zero-order valence-corrected chi connectivity index (χ0v) is 15.1. The number of hydrogen-bond donors (Lipinski definition) is 0. The molecule has 2 rings (SSSR count). The van der Waals surface area contributed by atoms with Crippen molar-refractivity contribution in [2.45, 2.75) is 20.4 Å². The molecular formula is C15H19BF4N2O2S. The maximum absolute atomic E-state index is 9.75. The summed E-state index contributed by atoms with van der Waals surface area (Å²) in [5.41, 5.74) is 1.07. The molecule has 0 atom stereocenters. The lowest BCUT2D eigenvalue weighted by Gasteiger charge is -2.07. The van der Waals surface area contributed by atoms with E-state index in [1.54, 1.807) is 25.6 Å². The average Bonchev–Trinajstić information content (AvgIpc) is 2.91. The quantitative estimate of drug-likeness (QED) is 0.443. The molecule has 2 aromatic rings. The average molecular weight is 378 g/mol. The number of halogens is 4. The second-order valence-corrected chi connectivity index (χ2v) is 5.93. The van der Waals surface area contributed by atoms with Gasteiger partial charge in [-0.25, -0.2) is 0 Å². The number of hydrogen-bond acceptors (Lipinski definition) is 4. The number of ether oxygens (including phenoxy) is 2. The van der Waals surface area contributed by atoms with Crippen molar-refractivity contribution in [1.29, 1.82) is 0 Å². The molecule has 0 saturated heterocycles. The van der Waals surface area contributed by atoms with Crippen LogP contribution in [0.4, 0.5) is 17.3 Å². The fraction of sp³-hybridized carbons (Fsp3) is 0.333. The summed E-state index contributed by atoms with van der Waals surface area (Å²) in [4.78, 5) is 0. The van der Waals surface area contributed by atoms with Crippen LogP contribution in [0.3, 0.4) is 0 Å². The van der Waals surface area contributed by atoms with E-state index in [4.69, 9.17) is 9.47 Å². The van der Waals surface area contributed by atoms with E-state index >= 15 is 0 Å². The molecule has 0 aliphatic rings. The van der Waals surface area contributed by atoms with E-state index < -0.39 is 7.25 Å². The van der Waals surface area contributed by atoms with Crippen LogP contribution in [-0.2, 0) is 6.54 Å². The van der Waals surface area contributed by atoms with Crippen LogP contribution in [0.15, 0.2) is 18.2 Å². The predicted octanol–water partition coefficient (Wildman–Crippen LogP) is 4.25. The van der Waals surface area contributed by atoms with Crippen LogP contribution in [0, 0.1) is 6.92 Å². The standard InChI is InChI=1S/C15H19N2O2S.BF4/c1-5-17-15(20-11(2)16-17)9-7-12-6-8-13(18-3)14(10-12)19-4;2-1(3,4)5/h6-10H,5H2,1-4H3;/q+1;-1/b9-7+;. The SMILES string of the molecule is CC[n+]1nc(C)sc1/C=C/c1ccc(OC)c(OC)c1.F[B-](F)(F)F. The molecule has 0 fully saturated rings. The minimum Gasteiger partial charge on any atom is -0.493 e. The summed E-state index contributed by atoms with van der Waals surface area (Å²) >= 11 is 1.68. The summed E-state index contributed by atoms with van der Waals surface area (Å²) < 4.78 is 51.5. The normalized spacial score (nSPS) is 11.2. The first-order chi connectivity index (χ1) is 11.7. The van der Waals surface area contributed by atoms with E-state index in [0.29, 0.717) is 0 Å². The third kappa shape index (κ3) is 7.55. The van der Waals surface area contributed by atoms with Gasteiger partial charge in [0.25, 0.3) is 5.01 Å². The summed E-state index contributed by atoms with van der Waals surface area (Å²) in [6.07, 6.45) is 4.14. The van der Waals surface area contributed by atoms with E-state index in [2.05, 4.69) is 24.2 Å². The Morgan fingerprint density at radius 3 is 2.24 bits per heavy atom. The Balaban J connectivity index is 0.000000550. The molecule has 0 amide bonds. The van der Waals surface area contributed by atoms with Crippen molar-refractivity contribution in [3.05, 3.63) is 33.8 Å². The van der Waals surface area contributed by atoms with Gasteiger partial charge in [-0.2, -0.15) is 0 Å². The lowest BCUT2D eigenvalue weighted by atomic mass is 10.2. The molecule has 10 heteroatoms. The minimum absolute atomic E-state index is 0.735. The first kappa shape index (κ1) is 20.9. The lowest BCUT2D eigenvalue weighted by molar-refractivity contribution is -0.747. The molecule has 0 N–H and O–H groups in total. The molecule has 1 aromatic carbocycles. The van der Waals surface area contributed by atoms with E-state index in [-0.39, 0.29) is 0 Å². The van der Waals surface area contributed by atoms with E-state index in [0.717, 1.165) is 33.6 Å². The molecule has 0 aliphatic carbocycles. The Labute approximate surface area is 147 Å². The molecule has 0 spiro atoms. The number of nitrogens with zero attached hydrogens (tertiary/aromatic N) is 2. The Morgan fingerprint density at radius 2 is 1.72 bits per heavy atom. The third-order valence-corrected chi connectivity index (χ3v) is 3.83. The van der Waals surface area contributed by atoms with Gasteiger partial charge in [0.2, 0.25) is 0 Å². The van der Waals surface area contributed by atoms with Gasteiger partial charge in [0.15, 0.2) is 23.1 Å². The van der Waals surface area contributed by atoms with E-state index in [1.807, 2.05) is 29.8 Å². The largest absolute Gasteiger partial charge is 0.673 e. The van der Waals surface area contributed by atoms with Crippen molar-refractivity contribution < 1.29 is 31.4 Å². The van der Waals surface area contributed by atoms with Gasteiger partial charge in [-0.3, -0.25) is 0 Å². The monoisotopic (exact) mass is 378 g/mol. The van der Waals surface area contributed by atoms with Crippen molar-refractivity contribution in [2.24, 2.45) is 0 Å². The molecule has 1 heterocycles. The molecule has 138 valence electrons. The second-order valence-electron chi connectivity index (χ2n) is 4.72. The number of rotatable bonds is 5. The highest BCUT2D eigenvalue weighted by atomic mass is 32.1. The highest BCUT2D eigenvalue weighted by Crippen LogP contribution is 2.28. The highest BCUT2D eigenvalue weighted by Gasteiger charge is 2.20. The van der Waals surface area contributed by atoms with Gasteiger partial charge in [0.05, 0.1) is 14.2 Å². The topological polar surface area (TPSA) is 35.2 Å². The van der Waals surface area contributed by atoms with Crippen molar-refractivity contribution >= 4 is 30.7 Å². The minimum atomic E-state index is -6.00. The van der Waals surface area contributed by atoms with Crippen molar-refractivity contribution in [3.8, 4) is 11.5 Å². The summed E-state index contributed by atoms with van der Waals surface area (Å²) in [6, 6.07) is 5.87. The number of methoxy groups -OCH3 is 2.